The summed E-state index contributed by atoms with van der Waals surface area (Å²) in [7, 11) is -3.40. The van der Waals surface area contributed by atoms with E-state index in [0.717, 1.165) is 0 Å². The van der Waals surface area contributed by atoms with E-state index >= 15 is 0 Å². The average molecular weight is 317 g/mol. The summed E-state index contributed by atoms with van der Waals surface area (Å²) in [6.45, 7) is 7.03. The van der Waals surface area contributed by atoms with E-state index < -0.39 is 15.7 Å². The van der Waals surface area contributed by atoms with Crippen LogP contribution in [-0.4, -0.2) is 53.3 Å². The van der Waals surface area contributed by atoms with Gasteiger partial charge in [0.25, 0.3) is 10.2 Å². The van der Waals surface area contributed by atoms with Crippen LogP contribution in [0, 0.1) is 6.92 Å². The molecule has 1 aromatic rings. The van der Waals surface area contributed by atoms with Crippen LogP contribution in [0.1, 0.15) is 38.4 Å². The van der Waals surface area contributed by atoms with Crippen LogP contribution in [0.15, 0.2) is 4.52 Å². The fourth-order valence-corrected chi connectivity index (χ4v) is 4.18. The van der Waals surface area contributed by atoms with Gasteiger partial charge < -0.3 is 10.3 Å². The topological polar surface area (TPSA) is 106 Å². The average Bonchev–Trinajstić information content (AvgIpc) is 2.88. The van der Waals surface area contributed by atoms with Gasteiger partial charge in [-0.1, -0.05) is 19.0 Å². The molecule has 0 atom stereocenters. The molecule has 120 valence electrons. The number of hydrogen-bond acceptors (Lipinski definition) is 6. The van der Waals surface area contributed by atoms with Gasteiger partial charge in [-0.05, 0) is 12.8 Å². The van der Waals surface area contributed by atoms with E-state index in [1.54, 1.807) is 6.92 Å². The van der Waals surface area contributed by atoms with Gasteiger partial charge in [-0.3, -0.25) is 0 Å². The highest BCUT2D eigenvalue weighted by molar-refractivity contribution is 7.86. The molecule has 0 bridgehead atoms. The lowest BCUT2D eigenvalue weighted by Crippen LogP contribution is -2.53. The summed E-state index contributed by atoms with van der Waals surface area (Å²) in [5.41, 5.74) is 5.60. The van der Waals surface area contributed by atoms with Crippen LogP contribution in [-0.2, 0) is 15.7 Å². The van der Waals surface area contributed by atoms with Crippen molar-refractivity contribution in [2.45, 2.75) is 39.2 Å². The number of aromatic nitrogens is 2. The van der Waals surface area contributed by atoms with E-state index in [1.165, 1.54) is 8.61 Å². The Kier molecular flexibility index (Phi) is 4.66. The molecule has 21 heavy (non-hydrogen) atoms. The second-order valence-corrected chi connectivity index (χ2v) is 7.21. The normalized spacial score (nSPS) is 20.0. The van der Waals surface area contributed by atoms with Crippen molar-refractivity contribution in [3.63, 3.8) is 0 Å². The summed E-state index contributed by atoms with van der Waals surface area (Å²) in [6, 6.07) is 0. The number of piperidine rings is 1. The summed E-state index contributed by atoms with van der Waals surface area (Å²) in [4.78, 5) is 4.18. The first-order valence-corrected chi connectivity index (χ1v) is 8.58. The van der Waals surface area contributed by atoms with Crippen LogP contribution < -0.4 is 5.73 Å². The second kappa shape index (κ2) is 5.99. The summed E-state index contributed by atoms with van der Waals surface area (Å²) in [5.74, 6) is 0.924. The first-order valence-electron chi connectivity index (χ1n) is 7.18. The quantitative estimate of drug-likeness (QED) is 0.832. The summed E-state index contributed by atoms with van der Waals surface area (Å²) in [5, 5.41) is 3.88. The molecule has 2 N–H and O–H groups in total. The van der Waals surface area contributed by atoms with Gasteiger partial charge in [-0.25, -0.2) is 0 Å². The third kappa shape index (κ3) is 3.10. The molecule has 9 heteroatoms. The molecular formula is C12H23N5O3S. The largest absolute Gasteiger partial charge is 0.340 e. The Morgan fingerprint density at radius 3 is 2.33 bits per heavy atom. The smallest absolute Gasteiger partial charge is 0.281 e. The molecule has 1 aliphatic heterocycles. The zero-order chi connectivity index (χ0) is 15.7. The number of hydrogen-bond donors (Lipinski definition) is 1. The maximum absolute atomic E-state index is 12.5. The van der Waals surface area contributed by atoms with E-state index in [-0.39, 0.29) is 0 Å². The SMILES string of the molecule is CCN(CC)S(=O)(=O)N1CCC(N)(c2noc(C)n2)CC1. The monoisotopic (exact) mass is 317 g/mol. The summed E-state index contributed by atoms with van der Waals surface area (Å²) >= 11 is 0. The van der Waals surface area contributed by atoms with Gasteiger partial charge in [-0.15, -0.1) is 0 Å². The number of nitrogens with zero attached hydrogens (tertiary/aromatic N) is 4. The molecule has 0 radical (unpaired) electrons. The third-order valence-corrected chi connectivity index (χ3v) is 6.13. The molecule has 2 heterocycles. The van der Waals surface area contributed by atoms with E-state index in [0.29, 0.717) is 50.7 Å². The highest BCUT2D eigenvalue weighted by atomic mass is 32.2. The van der Waals surface area contributed by atoms with Gasteiger partial charge in [-0.2, -0.15) is 22.0 Å². The zero-order valence-corrected chi connectivity index (χ0v) is 13.6. The Hall–Kier alpha value is -1.03. The highest BCUT2D eigenvalue weighted by Gasteiger charge is 2.40. The minimum atomic E-state index is -3.40. The van der Waals surface area contributed by atoms with E-state index in [9.17, 15) is 8.42 Å². The Balaban J connectivity index is 2.10. The molecule has 0 saturated carbocycles. The maximum atomic E-state index is 12.5. The van der Waals surface area contributed by atoms with E-state index in [2.05, 4.69) is 10.1 Å². The fraction of sp³-hybridized carbons (Fsp3) is 0.833. The third-order valence-electron chi connectivity index (χ3n) is 3.95. The van der Waals surface area contributed by atoms with Crippen LogP contribution in [0.5, 0.6) is 0 Å². The van der Waals surface area contributed by atoms with Gasteiger partial charge in [0.2, 0.25) is 5.89 Å². The molecule has 1 fully saturated rings. The van der Waals surface area contributed by atoms with Crippen LogP contribution >= 0.6 is 0 Å². The van der Waals surface area contributed by atoms with Gasteiger partial charge in [0.1, 0.15) is 0 Å². The molecule has 1 aliphatic rings. The van der Waals surface area contributed by atoms with Crippen molar-refractivity contribution in [3.05, 3.63) is 11.7 Å². The zero-order valence-electron chi connectivity index (χ0n) is 12.7. The fourth-order valence-electron chi connectivity index (χ4n) is 2.55. The maximum Gasteiger partial charge on any atom is 0.281 e. The van der Waals surface area contributed by atoms with Crippen molar-refractivity contribution >= 4 is 10.2 Å². The minimum absolute atomic E-state index is 0.364. The number of aryl methyl sites for hydroxylation is 1. The number of nitrogens with two attached hydrogens (primary N) is 1. The molecular weight excluding hydrogens is 294 g/mol. The Morgan fingerprint density at radius 2 is 1.90 bits per heavy atom. The minimum Gasteiger partial charge on any atom is -0.340 e. The molecule has 2 rings (SSSR count). The predicted molar refractivity (Wildman–Crippen MR) is 77.5 cm³/mol. The lowest BCUT2D eigenvalue weighted by atomic mass is 9.89. The van der Waals surface area contributed by atoms with Gasteiger partial charge in [0.15, 0.2) is 5.82 Å². The number of rotatable bonds is 5. The summed E-state index contributed by atoms with van der Waals surface area (Å²) < 4.78 is 32.8. The lowest BCUT2D eigenvalue weighted by molar-refractivity contribution is 0.213. The van der Waals surface area contributed by atoms with E-state index in [1.807, 2.05) is 13.8 Å². The molecule has 8 nitrogen and oxygen atoms in total. The van der Waals surface area contributed by atoms with E-state index in [4.69, 9.17) is 10.3 Å². The van der Waals surface area contributed by atoms with Crippen molar-refractivity contribution in [3.8, 4) is 0 Å². The van der Waals surface area contributed by atoms with Crippen LogP contribution in [0.25, 0.3) is 0 Å². The lowest BCUT2D eigenvalue weighted by Gasteiger charge is -2.38. The van der Waals surface area contributed by atoms with Crippen molar-refractivity contribution in [1.82, 2.24) is 18.8 Å². The first-order chi connectivity index (χ1) is 9.83. The molecule has 0 aromatic carbocycles. The standard InChI is InChI=1S/C12H23N5O3S/c1-4-16(5-2)21(18,19)17-8-6-12(13,7-9-17)11-14-10(3)20-15-11/h4-9,13H2,1-3H3. The van der Waals surface area contributed by atoms with Crippen LogP contribution in [0.4, 0.5) is 0 Å². The van der Waals surface area contributed by atoms with Crippen molar-refractivity contribution in [2.75, 3.05) is 26.2 Å². The highest BCUT2D eigenvalue weighted by Crippen LogP contribution is 2.30. The first kappa shape index (κ1) is 16.3. The van der Waals surface area contributed by atoms with Crippen LogP contribution in [0.2, 0.25) is 0 Å². The van der Waals surface area contributed by atoms with Gasteiger partial charge in [0, 0.05) is 33.1 Å². The van der Waals surface area contributed by atoms with Crippen LogP contribution in [0.3, 0.4) is 0 Å². The Morgan fingerprint density at radius 1 is 1.33 bits per heavy atom. The molecule has 0 aliphatic carbocycles. The van der Waals surface area contributed by atoms with Gasteiger partial charge in [0.05, 0.1) is 5.54 Å². The van der Waals surface area contributed by atoms with Crippen molar-refractivity contribution in [1.29, 1.82) is 0 Å². The van der Waals surface area contributed by atoms with Crippen molar-refractivity contribution < 1.29 is 12.9 Å². The molecule has 0 unspecified atom stereocenters. The second-order valence-electron chi connectivity index (χ2n) is 5.28. The molecule has 0 amide bonds. The predicted octanol–water partition coefficient (Wildman–Crippen LogP) is 0.214. The molecule has 0 spiro atoms. The van der Waals surface area contributed by atoms with Crippen molar-refractivity contribution in [2.24, 2.45) is 5.73 Å². The molecule has 1 aromatic heterocycles. The van der Waals surface area contributed by atoms with Gasteiger partial charge >= 0.3 is 0 Å². The summed E-state index contributed by atoms with van der Waals surface area (Å²) in [6.07, 6.45) is 0.957. The Bertz CT molecular complexity index is 573. The Labute approximate surface area is 125 Å². The molecule has 1 saturated heterocycles.